The molecule has 164 valence electrons. The van der Waals surface area contributed by atoms with Crippen LogP contribution in [0, 0.1) is 13.8 Å². The molecular weight excluding hydrogens is 434 g/mol. The van der Waals surface area contributed by atoms with Crippen molar-refractivity contribution in [1.29, 1.82) is 0 Å². The van der Waals surface area contributed by atoms with E-state index in [2.05, 4.69) is 71.9 Å². The quantitative estimate of drug-likeness (QED) is 0.275. The highest BCUT2D eigenvalue weighted by molar-refractivity contribution is 7.99. The van der Waals surface area contributed by atoms with E-state index in [4.69, 9.17) is 0 Å². The second kappa shape index (κ2) is 10.4. The predicted octanol–water partition coefficient (Wildman–Crippen LogP) is 6.26. The number of thioether (sulfide) groups is 2. The molecule has 0 atom stereocenters. The van der Waals surface area contributed by atoms with Gasteiger partial charge < -0.3 is 4.57 Å². The van der Waals surface area contributed by atoms with Crippen molar-refractivity contribution < 1.29 is 4.79 Å². The van der Waals surface area contributed by atoms with Crippen LogP contribution in [-0.4, -0.2) is 26.3 Å². The first-order chi connectivity index (χ1) is 15.5. The zero-order valence-electron chi connectivity index (χ0n) is 18.7. The van der Waals surface area contributed by atoms with E-state index < -0.39 is 0 Å². The second-order valence-electron chi connectivity index (χ2n) is 7.90. The lowest BCUT2D eigenvalue weighted by Gasteiger charge is -2.08. The van der Waals surface area contributed by atoms with Gasteiger partial charge in [-0.2, -0.15) is 0 Å². The molecule has 0 aliphatic carbocycles. The Morgan fingerprint density at radius 2 is 1.69 bits per heavy atom. The number of carbonyl (C=O) groups excluding carboxylic acids is 1. The average Bonchev–Trinajstić information content (AvgIpc) is 3.18. The Morgan fingerprint density at radius 1 is 0.938 bits per heavy atom. The zero-order valence-corrected chi connectivity index (χ0v) is 20.3. The Morgan fingerprint density at radius 3 is 2.47 bits per heavy atom. The number of aryl methyl sites for hydroxylation is 2. The largest absolute Gasteiger partial charge is 0.306 e. The summed E-state index contributed by atoms with van der Waals surface area (Å²) in [6, 6.07) is 20.9. The minimum Gasteiger partial charge on any atom is -0.306 e. The number of Topliss-reactive ketones (excluding diaryl/α,β-unsaturated/α-hetero) is 1. The first kappa shape index (κ1) is 22.6. The van der Waals surface area contributed by atoms with Crippen LogP contribution < -0.4 is 0 Å². The van der Waals surface area contributed by atoms with Crippen molar-refractivity contribution in [1.82, 2.24) is 14.8 Å². The Labute approximate surface area is 197 Å². The fraction of sp³-hybridized carbons (Fsp3) is 0.269. The van der Waals surface area contributed by atoms with Crippen molar-refractivity contribution in [3.05, 3.63) is 83.2 Å². The van der Waals surface area contributed by atoms with Crippen LogP contribution in [-0.2, 0) is 23.5 Å². The highest BCUT2D eigenvalue weighted by Crippen LogP contribution is 2.27. The molecule has 0 saturated heterocycles. The molecule has 0 amide bonds. The molecule has 1 heterocycles. The lowest BCUT2D eigenvalue weighted by atomic mass is 10.0. The van der Waals surface area contributed by atoms with Crippen LogP contribution in [0.1, 0.15) is 29.4 Å². The SMILES string of the molecule is CCn1c(CSc2cc(C)cc(C)c2)nnc1SCC(=O)Cc1cccc2ccccc12. The highest BCUT2D eigenvalue weighted by atomic mass is 32.2. The number of ketones is 1. The van der Waals surface area contributed by atoms with Crippen LogP contribution in [0.15, 0.2) is 70.7 Å². The van der Waals surface area contributed by atoms with Crippen molar-refractivity contribution in [2.24, 2.45) is 0 Å². The van der Waals surface area contributed by atoms with Gasteiger partial charge in [0.2, 0.25) is 0 Å². The number of benzene rings is 3. The molecule has 0 aliphatic heterocycles. The molecule has 4 aromatic rings. The predicted molar refractivity (Wildman–Crippen MR) is 135 cm³/mol. The van der Waals surface area contributed by atoms with Crippen molar-refractivity contribution in [3.8, 4) is 0 Å². The Kier molecular flexibility index (Phi) is 7.33. The third-order valence-corrected chi connectivity index (χ3v) is 7.30. The van der Waals surface area contributed by atoms with E-state index in [0.717, 1.165) is 34.2 Å². The first-order valence-electron chi connectivity index (χ1n) is 10.8. The molecule has 4 nitrogen and oxygen atoms in total. The Balaban J connectivity index is 1.39. The summed E-state index contributed by atoms with van der Waals surface area (Å²) in [6.45, 7) is 7.12. The summed E-state index contributed by atoms with van der Waals surface area (Å²) in [7, 11) is 0. The molecule has 6 heteroatoms. The van der Waals surface area contributed by atoms with Crippen molar-refractivity contribution >= 4 is 40.1 Å². The molecule has 0 unspecified atom stereocenters. The number of nitrogens with zero attached hydrogens (tertiary/aromatic N) is 3. The van der Waals surface area contributed by atoms with Gasteiger partial charge in [0.1, 0.15) is 11.6 Å². The van der Waals surface area contributed by atoms with Crippen molar-refractivity contribution in [2.45, 2.75) is 49.5 Å². The maximum Gasteiger partial charge on any atom is 0.191 e. The number of hydrogen-bond acceptors (Lipinski definition) is 5. The van der Waals surface area contributed by atoms with E-state index in [1.54, 1.807) is 11.8 Å². The van der Waals surface area contributed by atoms with Crippen molar-refractivity contribution in [2.75, 3.05) is 5.75 Å². The van der Waals surface area contributed by atoms with Gasteiger partial charge in [-0.1, -0.05) is 60.3 Å². The minimum absolute atomic E-state index is 0.197. The monoisotopic (exact) mass is 461 g/mol. The average molecular weight is 462 g/mol. The first-order valence-corrected chi connectivity index (χ1v) is 12.7. The molecule has 0 radical (unpaired) electrons. The number of fused-ring (bicyclic) bond motifs is 1. The van der Waals surface area contributed by atoms with E-state index in [9.17, 15) is 4.79 Å². The molecule has 0 spiro atoms. The van der Waals surface area contributed by atoms with Crippen molar-refractivity contribution in [3.63, 3.8) is 0 Å². The lowest BCUT2D eigenvalue weighted by Crippen LogP contribution is -2.08. The molecule has 0 bridgehead atoms. The fourth-order valence-corrected chi connectivity index (χ4v) is 5.80. The summed E-state index contributed by atoms with van der Waals surface area (Å²) < 4.78 is 2.12. The van der Waals surface area contributed by atoms with Crippen LogP contribution in [0.3, 0.4) is 0 Å². The van der Waals surface area contributed by atoms with Gasteiger partial charge in [-0.15, -0.1) is 22.0 Å². The van der Waals surface area contributed by atoms with E-state index >= 15 is 0 Å². The third kappa shape index (κ3) is 5.43. The fourth-order valence-electron chi connectivity index (χ4n) is 3.87. The smallest absolute Gasteiger partial charge is 0.191 e. The number of carbonyl (C=O) groups is 1. The van der Waals surface area contributed by atoms with E-state index in [1.807, 2.05) is 24.3 Å². The maximum absolute atomic E-state index is 12.7. The van der Waals surface area contributed by atoms with Crippen LogP contribution in [0.4, 0.5) is 0 Å². The van der Waals surface area contributed by atoms with E-state index in [1.165, 1.54) is 33.2 Å². The van der Waals surface area contributed by atoms with Gasteiger partial charge in [0, 0.05) is 17.9 Å². The summed E-state index contributed by atoms with van der Waals surface area (Å²) in [5, 5.41) is 11.9. The van der Waals surface area contributed by atoms with Gasteiger partial charge in [0.25, 0.3) is 0 Å². The molecule has 0 saturated carbocycles. The molecule has 0 N–H and O–H groups in total. The Bertz CT molecular complexity index is 1220. The molecular formula is C26H27N3OS2. The van der Waals surface area contributed by atoms with Crippen LogP contribution >= 0.6 is 23.5 Å². The zero-order chi connectivity index (χ0) is 22.5. The summed E-state index contributed by atoms with van der Waals surface area (Å²) >= 11 is 3.25. The number of rotatable bonds is 9. The summed E-state index contributed by atoms with van der Waals surface area (Å²) in [5.41, 5.74) is 3.62. The van der Waals surface area contributed by atoms with Gasteiger partial charge in [0.05, 0.1) is 11.5 Å². The molecule has 4 rings (SSSR count). The highest BCUT2D eigenvalue weighted by Gasteiger charge is 2.14. The summed E-state index contributed by atoms with van der Waals surface area (Å²) in [6.07, 6.45) is 0.435. The van der Waals surface area contributed by atoms with Gasteiger partial charge in [-0.3, -0.25) is 4.79 Å². The molecule has 1 aromatic heterocycles. The number of hydrogen-bond donors (Lipinski definition) is 0. The van der Waals surface area contributed by atoms with E-state index in [0.29, 0.717) is 12.2 Å². The minimum atomic E-state index is 0.197. The second-order valence-corrected chi connectivity index (χ2v) is 9.89. The van der Waals surface area contributed by atoms with Crippen LogP contribution in [0.5, 0.6) is 0 Å². The molecule has 0 aliphatic rings. The van der Waals surface area contributed by atoms with Gasteiger partial charge in [0.15, 0.2) is 5.16 Å². The number of aromatic nitrogens is 3. The molecule has 32 heavy (non-hydrogen) atoms. The maximum atomic E-state index is 12.7. The van der Waals surface area contributed by atoms with Gasteiger partial charge in [-0.25, -0.2) is 0 Å². The normalized spacial score (nSPS) is 11.2. The van der Waals surface area contributed by atoms with Crippen LogP contribution in [0.2, 0.25) is 0 Å². The Hall–Kier alpha value is -2.57. The van der Waals surface area contributed by atoms with Crippen LogP contribution in [0.25, 0.3) is 10.8 Å². The lowest BCUT2D eigenvalue weighted by molar-refractivity contribution is -0.115. The standard InChI is InChI=1S/C26H27N3OS2/c1-4-29-25(17-31-23-13-18(2)12-19(3)14-23)27-28-26(29)32-16-22(30)15-21-10-7-9-20-8-5-6-11-24(20)21/h5-14H,4,15-17H2,1-3H3. The molecule has 3 aromatic carbocycles. The molecule has 0 fully saturated rings. The summed E-state index contributed by atoms with van der Waals surface area (Å²) in [5.74, 6) is 2.30. The summed E-state index contributed by atoms with van der Waals surface area (Å²) in [4.78, 5) is 14.0. The van der Waals surface area contributed by atoms with E-state index in [-0.39, 0.29) is 5.78 Å². The van der Waals surface area contributed by atoms with Gasteiger partial charge in [-0.05, 0) is 60.4 Å². The van der Waals surface area contributed by atoms with Gasteiger partial charge >= 0.3 is 0 Å². The topological polar surface area (TPSA) is 47.8 Å². The third-order valence-electron chi connectivity index (χ3n) is 5.30.